The maximum atomic E-state index is 13.0. The van der Waals surface area contributed by atoms with Crippen LogP contribution in [0.2, 0.25) is 10.0 Å². The van der Waals surface area contributed by atoms with Gasteiger partial charge in [-0.05, 0) is 67.6 Å². The Balaban J connectivity index is 1.60. The predicted octanol–water partition coefficient (Wildman–Crippen LogP) is 5.43. The molecule has 2 aromatic carbocycles. The van der Waals surface area contributed by atoms with Gasteiger partial charge in [-0.15, -0.1) is 6.58 Å². The normalized spacial score (nSPS) is 26.6. The average Bonchev–Trinajstić information content (AvgIpc) is 2.86. The van der Waals surface area contributed by atoms with Crippen molar-refractivity contribution in [1.29, 1.82) is 0 Å². The SMILES string of the molecule is C=CCN1CC[C@@]2(c3cccc(OC)c3)C[C@H](NC(=O)Cc3ccc(Cl)c(Cl)c3)CC[C@]2(OC)C1. The number of carbonyl (C=O) groups excluding carboxylic acids is 1. The summed E-state index contributed by atoms with van der Waals surface area (Å²) >= 11 is 12.2. The molecule has 5 nitrogen and oxygen atoms in total. The summed E-state index contributed by atoms with van der Waals surface area (Å²) in [4.78, 5) is 15.4. The van der Waals surface area contributed by atoms with Crippen molar-refractivity contribution in [3.05, 3.63) is 76.3 Å². The summed E-state index contributed by atoms with van der Waals surface area (Å²) < 4.78 is 12.0. The molecule has 1 aliphatic carbocycles. The zero-order valence-electron chi connectivity index (χ0n) is 20.5. The largest absolute Gasteiger partial charge is 0.497 e. The number of likely N-dealkylation sites (tertiary alicyclic amines) is 1. The van der Waals surface area contributed by atoms with E-state index >= 15 is 0 Å². The highest BCUT2D eigenvalue weighted by atomic mass is 35.5. The van der Waals surface area contributed by atoms with Gasteiger partial charge < -0.3 is 14.8 Å². The molecule has 1 heterocycles. The number of fused-ring (bicyclic) bond motifs is 1. The van der Waals surface area contributed by atoms with Crippen LogP contribution < -0.4 is 10.1 Å². The van der Waals surface area contributed by atoms with Crippen LogP contribution in [-0.4, -0.2) is 56.3 Å². The highest BCUT2D eigenvalue weighted by Crippen LogP contribution is 2.53. The monoisotopic (exact) mass is 516 g/mol. The van der Waals surface area contributed by atoms with Crippen molar-refractivity contribution in [1.82, 2.24) is 10.2 Å². The number of halogens is 2. The van der Waals surface area contributed by atoms with Crippen LogP contribution in [0.25, 0.3) is 0 Å². The molecule has 35 heavy (non-hydrogen) atoms. The zero-order chi connectivity index (χ0) is 25.1. The number of piperidine rings is 1. The topological polar surface area (TPSA) is 50.8 Å². The maximum Gasteiger partial charge on any atom is 0.224 e. The van der Waals surface area contributed by atoms with Gasteiger partial charge in [-0.2, -0.15) is 0 Å². The third-order valence-electron chi connectivity index (χ3n) is 7.81. The first kappa shape index (κ1) is 26.0. The van der Waals surface area contributed by atoms with E-state index in [-0.39, 0.29) is 29.4 Å². The average molecular weight is 517 g/mol. The molecule has 4 rings (SSSR count). The van der Waals surface area contributed by atoms with Crippen molar-refractivity contribution in [2.45, 2.75) is 49.2 Å². The molecular formula is C28H34Cl2N2O3. The van der Waals surface area contributed by atoms with E-state index in [1.807, 2.05) is 31.4 Å². The number of nitrogens with zero attached hydrogens (tertiary/aromatic N) is 1. The Bertz CT molecular complexity index is 1080. The Morgan fingerprint density at radius 1 is 1.20 bits per heavy atom. The molecule has 3 atom stereocenters. The summed E-state index contributed by atoms with van der Waals surface area (Å²) in [6.07, 6.45) is 5.67. The minimum atomic E-state index is -0.356. The van der Waals surface area contributed by atoms with E-state index < -0.39 is 0 Å². The number of hydrogen-bond donors (Lipinski definition) is 1. The molecular weight excluding hydrogens is 483 g/mol. The Labute approximate surface area is 218 Å². The summed E-state index contributed by atoms with van der Waals surface area (Å²) in [7, 11) is 3.52. The second-order valence-corrected chi connectivity index (χ2v) is 10.5. The lowest BCUT2D eigenvalue weighted by molar-refractivity contribution is -0.149. The first-order valence-corrected chi connectivity index (χ1v) is 12.9. The van der Waals surface area contributed by atoms with Crippen molar-refractivity contribution in [2.75, 3.05) is 33.9 Å². The summed E-state index contributed by atoms with van der Waals surface area (Å²) in [5.74, 6) is 0.823. The second kappa shape index (κ2) is 10.9. The van der Waals surface area contributed by atoms with Gasteiger partial charge in [0.2, 0.25) is 5.91 Å². The van der Waals surface area contributed by atoms with E-state index in [9.17, 15) is 4.79 Å². The predicted molar refractivity (Wildman–Crippen MR) is 142 cm³/mol. The fourth-order valence-corrected chi connectivity index (χ4v) is 6.41. The van der Waals surface area contributed by atoms with Gasteiger partial charge in [0.05, 0.1) is 29.2 Å². The Hall–Kier alpha value is -2.05. The highest BCUT2D eigenvalue weighted by molar-refractivity contribution is 6.42. The van der Waals surface area contributed by atoms with Gasteiger partial charge >= 0.3 is 0 Å². The van der Waals surface area contributed by atoms with Crippen LogP contribution in [0.15, 0.2) is 55.1 Å². The van der Waals surface area contributed by atoms with Gasteiger partial charge in [-0.25, -0.2) is 0 Å². The van der Waals surface area contributed by atoms with Crippen molar-refractivity contribution >= 4 is 29.1 Å². The first-order valence-electron chi connectivity index (χ1n) is 12.1. The van der Waals surface area contributed by atoms with Gasteiger partial charge in [-0.3, -0.25) is 9.69 Å². The molecule has 1 saturated heterocycles. The number of nitrogens with one attached hydrogen (secondary N) is 1. The number of benzene rings is 2. The molecule has 1 aliphatic heterocycles. The minimum Gasteiger partial charge on any atom is -0.497 e. The molecule has 0 aromatic heterocycles. The lowest BCUT2D eigenvalue weighted by atomic mass is 9.55. The quantitative estimate of drug-likeness (QED) is 0.475. The summed E-state index contributed by atoms with van der Waals surface area (Å²) in [6.45, 7) is 6.54. The molecule has 1 N–H and O–H groups in total. The molecule has 7 heteroatoms. The van der Waals surface area contributed by atoms with Crippen LogP contribution >= 0.6 is 23.2 Å². The van der Waals surface area contributed by atoms with E-state index in [1.165, 1.54) is 5.56 Å². The van der Waals surface area contributed by atoms with E-state index in [2.05, 4.69) is 28.9 Å². The van der Waals surface area contributed by atoms with Crippen LogP contribution in [-0.2, 0) is 21.4 Å². The number of carbonyl (C=O) groups is 1. The van der Waals surface area contributed by atoms with Crippen molar-refractivity contribution in [2.24, 2.45) is 0 Å². The van der Waals surface area contributed by atoms with Gasteiger partial charge in [-0.1, -0.05) is 47.5 Å². The molecule has 188 valence electrons. The van der Waals surface area contributed by atoms with E-state index in [0.717, 1.165) is 56.6 Å². The molecule has 2 fully saturated rings. The fourth-order valence-electron chi connectivity index (χ4n) is 6.09. The number of ether oxygens (including phenoxy) is 2. The summed E-state index contributed by atoms with van der Waals surface area (Å²) in [5, 5.41) is 4.25. The van der Waals surface area contributed by atoms with Gasteiger partial charge in [0.15, 0.2) is 0 Å². The third kappa shape index (κ3) is 5.24. The Morgan fingerprint density at radius 3 is 2.74 bits per heavy atom. The summed E-state index contributed by atoms with van der Waals surface area (Å²) in [6, 6.07) is 13.7. The number of rotatable bonds is 8. The molecule has 0 unspecified atom stereocenters. The van der Waals surface area contributed by atoms with Crippen LogP contribution in [0, 0.1) is 0 Å². The Morgan fingerprint density at radius 2 is 2.03 bits per heavy atom. The van der Waals surface area contributed by atoms with E-state index in [0.29, 0.717) is 10.0 Å². The number of hydrogen-bond acceptors (Lipinski definition) is 4. The van der Waals surface area contributed by atoms with Crippen molar-refractivity contribution in [3.63, 3.8) is 0 Å². The fraction of sp³-hybridized carbons (Fsp3) is 0.464. The minimum absolute atomic E-state index is 0.0109. The summed E-state index contributed by atoms with van der Waals surface area (Å²) in [5.41, 5.74) is 1.46. The lowest BCUT2D eigenvalue weighted by Gasteiger charge is -2.59. The molecule has 0 bridgehead atoms. The highest BCUT2D eigenvalue weighted by Gasteiger charge is 2.58. The maximum absolute atomic E-state index is 13.0. The first-order chi connectivity index (χ1) is 16.8. The van der Waals surface area contributed by atoms with E-state index in [1.54, 1.807) is 19.2 Å². The van der Waals surface area contributed by atoms with Gasteiger partial charge in [0.25, 0.3) is 0 Å². The molecule has 2 aromatic rings. The van der Waals surface area contributed by atoms with Crippen LogP contribution in [0.1, 0.15) is 36.8 Å². The van der Waals surface area contributed by atoms with Crippen LogP contribution in [0.5, 0.6) is 5.75 Å². The molecule has 0 radical (unpaired) electrons. The zero-order valence-corrected chi connectivity index (χ0v) is 22.0. The number of methoxy groups -OCH3 is 2. The second-order valence-electron chi connectivity index (χ2n) is 9.72. The van der Waals surface area contributed by atoms with Gasteiger partial charge in [0, 0.05) is 31.7 Å². The number of amides is 1. The van der Waals surface area contributed by atoms with Crippen molar-refractivity contribution < 1.29 is 14.3 Å². The molecule has 1 amide bonds. The lowest BCUT2D eigenvalue weighted by Crippen LogP contribution is -2.68. The van der Waals surface area contributed by atoms with Crippen LogP contribution in [0.4, 0.5) is 0 Å². The van der Waals surface area contributed by atoms with Gasteiger partial charge in [0.1, 0.15) is 5.75 Å². The standard InChI is InChI=1S/C28H34Cl2N2O3/c1-4-13-32-14-12-27(21-6-5-7-23(17-21)34-2)18-22(10-11-28(27,19-32)35-3)31-26(33)16-20-8-9-24(29)25(30)15-20/h4-9,15,17,22H,1,10-14,16,18-19H2,2-3H3,(H,31,33)/t22-,27+,28+/m1/s1. The Kier molecular flexibility index (Phi) is 8.12. The van der Waals surface area contributed by atoms with E-state index in [4.69, 9.17) is 32.7 Å². The third-order valence-corrected chi connectivity index (χ3v) is 8.55. The van der Waals surface area contributed by atoms with Crippen molar-refractivity contribution in [3.8, 4) is 5.75 Å². The smallest absolute Gasteiger partial charge is 0.224 e. The van der Waals surface area contributed by atoms with Crippen LogP contribution in [0.3, 0.4) is 0 Å². The molecule has 2 aliphatic rings. The molecule has 0 spiro atoms. The molecule has 1 saturated carbocycles.